The summed E-state index contributed by atoms with van der Waals surface area (Å²) < 4.78 is 0. The summed E-state index contributed by atoms with van der Waals surface area (Å²) >= 11 is 5.89. The average molecular weight is 267 g/mol. The first-order chi connectivity index (χ1) is 8.43. The van der Waals surface area contributed by atoms with Crippen molar-refractivity contribution in [1.82, 2.24) is 5.32 Å². The van der Waals surface area contributed by atoms with Gasteiger partial charge in [0.1, 0.15) is 5.02 Å². The first kappa shape index (κ1) is 12.3. The summed E-state index contributed by atoms with van der Waals surface area (Å²) in [5, 5.41) is 12.7. The van der Waals surface area contributed by atoms with E-state index < -0.39 is 22.7 Å². The third-order valence-electron chi connectivity index (χ3n) is 2.65. The highest BCUT2D eigenvalue weighted by Crippen LogP contribution is 2.37. The molecule has 1 aliphatic heterocycles. The van der Waals surface area contributed by atoms with Crippen LogP contribution < -0.4 is 5.32 Å². The Hall–Kier alpha value is -2.21. The highest BCUT2D eigenvalue weighted by molar-refractivity contribution is 6.34. The SMILES string of the molecule is C=C1C(=O)NC(=O)C1c1cccc([N+](=O)[O-])c1Cl. The van der Waals surface area contributed by atoms with Crippen LogP contribution in [0.5, 0.6) is 0 Å². The molecule has 92 valence electrons. The Morgan fingerprint density at radius 1 is 1.39 bits per heavy atom. The minimum absolute atomic E-state index is 0.0300. The van der Waals surface area contributed by atoms with Gasteiger partial charge in [-0.25, -0.2) is 0 Å². The van der Waals surface area contributed by atoms with Gasteiger partial charge in [-0.3, -0.25) is 25.0 Å². The van der Waals surface area contributed by atoms with Crippen molar-refractivity contribution in [3.8, 4) is 0 Å². The molecule has 1 N–H and O–H groups in total. The number of nitrogens with one attached hydrogen (secondary N) is 1. The second-order valence-corrected chi connectivity index (χ2v) is 4.09. The molecule has 1 aromatic rings. The number of nitro benzene ring substituents is 1. The number of nitro groups is 1. The van der Waals surface area contributed by atoms with Crippen molar-refractivity contribution in [3.63, 3.8) is 0 Å². The molecule has 0 aliphatic carbocycles. The third-order valence-corrected chi connectivity index (χ3v) is 3.07. The van der Waals surface area contributed by atoms with Crippen LogP contribution in [0.1, 0.15) is 11.5 Å². The van der Waals surface area contributed by atoms with Crippen molar-refractivity contribution in [2.75, 3.05) is 0 Å². The van der Waals surface area contributed by atoms with Crippen LogP contribution in [0, 0.1) is 10.1 Å². The fourth-order valence-corrected chi connectivity index (χ4v) is 2.09. The van der Waals surface area contributed by atoms with Gasteiger partial charge in [0, 0.05) is 11.6 Å². The number of hydrogen-bond donors (Lipinski definition) is 1. The second kappa shape index (κ2) is 4.23. The molecule has 1 saturated heterocycles. The van der Waals surface area contributed by atoms with Gasteiger partial charge < -0.3 is 0 Å². The van der Waals surface area contributed by atoms with Crippen LogP contribution in [0.25, 0.3) is 0 Å². The molecule has 0 aromatic heterocycles. The van der Waals surface area contributed by atoms with Crippen LogP contribution >= 0.6 is 11.6 Å². The van der Waals surface area contributed by atoms with Crippen molar-refractivity contribution in [3.05, 3.63) is 51.1 Å². The predicted molar refractivity (Wildman–Crippen MR) is 63.1 cm³/mol. The Kier molecular flexibility index (Phi) is 2.88. The summed E-state index contributed by atoms with van der Waals surface area (Å²) in [7, 11) is 0. The van der Waals surface area contributed by atoms with Gasteiger partial charge in [-0.15, -0.1) is 0 Å². The summed E-state index contributed by atoms with van der Waals surface area (Å²) in [5.41, 5.74) is -0.0734. The highest BCUT2D eigenvalue weighted by Gasteiger charge is 2.38. The van der Waals surface area contributed by atoms with Crippen LogP contribution in [0.4, 0.5) is 5.69 Å². The number of imide groups is 1. The first-order valence-corrected chi connectivity index (χ1v) is 5.28. The van der Waals surface area contributed by atoms with Crippen LogP contribution in [-0.2, 0) is 9.59 Å². The number of halogens is 1. The summed E-state index contributed by atoms with van der Waals surface area (Å²) in [6.07, 6.45) is 0. The van der Waals surface area contributed by atoms with Crippen molar-refractivity contribution in [1.29, 1.82) is 0 Å². The quantitative estimate of drug-likeness (QED) is 0.381. The average Bonchev–Trinajstić information content (AvgIpc) is 2.54. The van der Waals surface area contributed by atoms with Crippen LogP contribution in [0.2, 0.25) is 5.02 Å². The lowest BCUT2D eigenvalue weighted by Gasteiger charge is -2.09. The van der Waals surface area contributed by atoms with E-state index in [1.54, 1.807) is 0 Å². The maximum absolute atomic E-state index is 11.6. The molecule has 1 fully saturated rings. The van der Waals surface area contributed by atoms with Gasteiger partial charge in [0.15, 0.2) is 0 Å². The molecule has 2 amide bonds. The van der Waals surface area contributed by atoms with Crippen molar-refractivity contribution in [2.24, 2.45) is 0 Å². The molecule has 0 spiro atoms. The number of carbonyl (C=O) groups is 2. The minimum Gasteiger partial charge on any atom is -0.292 e. The number of benzene rings is 1. The lowest BCUT2D eigenvalue weighted by atomic mass is 9.93. The number of hydrogen-bond acceptors (Lipinski definition) is 4. The molecule has 6 nitrogen and oxygen atoms in total. The Balaban J connectivity index is 2.56. The molecule has 1 heterocycles. The van der Waals surface area contributed by atoms with E-state index in [9.17, 15) is 19.7 Å². The molecule has 0 radical (unpaired) electrons. The number of nitrogens with zero attached hydrogens (tertiary/aromatic N) is 1. The zero-order valence-electron chi connectivity index (χ0n) is 8.97. The van der Waals surface area contributed by atoms with E-state index in [0.717, 1.165) is 0 Å². The number of carbonyl (C=O) groups excluding carboxylic acids is 2. The van der Waals surface area contributed by atoms with Gasteiger partial charge in [0.25, 0.3) is 11.6 Å². The topological polar surface area (TPSA) is 89.3 Å². The van der Waals surface area contributed by atoms with E-state index in [2.05, 4.69) is 11.9 Å². The zero-order valence-corrected chi connectivity index (χ0v) is 9.73. The third kappa shape index (κ3) is 1.76. The fraction of sp³-hybridized carbons (Fsp3) is 0.0909. The van der Waals surface area contributed by atoms with Crippen molar-refractivity contribution in [2.45, 2.75) is 5.92 Å². The Morgan fingerprint density at radius 2 is 2.06 bits per heavy atom. The maximum Gasteiger partial charge on any atom is 0.288 e. The monoisotopic (exact) mass is 266 g/mol. The van der Waals surface area contributed by atoms with Crippen LogP contribution in [0.15, 0.2) is 30.4 Å². The molecule has 1 unspecified atom stereocenters. The first-order valence-electron chi connectivity index (χ1n) is 4.90. The van der Waals surface area contributed by atoms with E-state index in [0.29, 0.717) is 0 Å². The van der Waals surface area contributed by atoms with Gasteiger partial charge in [0.05, 0.1) is 10.8 Å². The van der Waals surface area contributed by atoms with Gasteiger partial charge >= 0.3 is 0 Å². The van der Waals surface area contributed by atoms with E-state index in [-0.39, 0.29) is 21.8 Å². The Bertz CT molecular complexity index is 597. The molecule has 1 aliphatic rings. The number of rotatable bonds is 2. The summed E-state index contributed by atoms with van der Waals surface area (Å²) in [6.45, 7) is 3.50. The summed E-state index contributed by atoms with van der Waals surface area (Å²) in [4.78, 5) is 33.0. The van der Waals surface area contributed by atoms with Gasteiger partial charge in [0.2, 0.25) is 5.91 Å². The van der Waals surface area contributed by atoms with Gasteiger partial charge in [-0.05, 0) is 5.56 Å². The second-order valence-electron chi connectivity index (χ2n) is 3.71. The van der Waals surface area contributed by atoms with Crippen LogP contribution in [-0.4, -0.2) is 16.7 Å². The van der Waals surface area contributed by atoms with E-state index in [1.165, 1.54) is 18.2 Å². The molecule has 0 saturated carbocycles. The van der Waals surface area contributed by atoms with Gasteiger partial charge in [-0.1, -0.05) is 30.3 Å². The standard InChI is InChI=1S/C11H7ClN2O4/c1-5-8(11(16)13-10(5)15)6-3-2-4-7(9(6)12)14(17)18/h2-4,8H,1H2,(H,13,15,16). The molecule has 7 heteroatoms. The van der Waals surface area contributed by atoms with Crippen LogP contribution in [0.3, 0.4) is 0 Å². The van der Waals surface area contributed by atoms with E-state index in [4.69, 9.17) is 11.6 Å². The molecular weight excluding hydrogens is 260 g/mol. The smallest absolute Gasteiger partial charge is 0.288 e. The predicted octanol–water partition coefficient (Wildman–Crippen LogP) is 1.54. The summed E-state index contributed by atoms with van der Waals surface area (Å²) in [6, 6.07) is 4.09. The molecule has 1 aromatic carbocycles. The lowest BCUT2D eigenvalue weighted by Crippen LogP contribution is -2.21. The maximum atomic E-state index is 11.6. The highest BCUT2D eigenvalue weighted by atomic mass is 35.5. The number of amides is 2. The largest absolute Gasteiger partial charge is 0.292 e. The molecule has 0 bridgehead atoms. The zero-order chi connectivity index (χ0) is 13.4. The van der Waals surface area contributed by atoms with E-state index >= 15 is 0 Å². The molecule has 2 rings (SSSR count). The fourth-order valence-electron chi connectivity index (χ4n) is 1.78. The lowest BCUT2D eigenvalue weighted by molar-refractivity contribution is -0.384. The van der Waals surface area contributed by atoms with Crippen molar-refractivity contribution >= 4 is 29.1 Å². The molecule has 18 heavy (non-hydrogen) atoms. The van der Waals surface area contributed by atoms with Gasteiger partial charge in [-0.2, -0.15) is 0 Å². The Morgan fingerprint density at radius 3 is 2.56 bits per heavy atom. The minimum atomic E-state index is -0.968. The Labute approximate surface area is 106 Å². The molecular formula is C11H7ClN2O4. The summed E-state index contributed by atoms with van der Waals surface area (Å²) in [5.74, 6) is -2.13. The molecule has 1 atom stereocenters. The van der Waals surface area contributed by atoms with E-state index in [1.807, 2.05) is 0 Å². The normalized spacial score (nSPS) is 18.9. The van der Waals surface area contributed by atoms with Crippen molar-refractivity contribution < 1.29 is 14.5 Å².